The highest BCUT2D eigenvalue weighted by molar-refractivity contribution is 7.58. The number of carbonyl (C=O) groups is 6. The maximum absolute atomic E-state index is 15.0. The summed E-state index contributed by atoms with van der Waals surface area (Å²) < 4.78 is 20.4. The van der Waals surface area contributed by atoms with Gasteiger partial charge in [0.15, 0.2) is 0 Å². The molecule has 0 bridgehead atoms. The van der Waals surface area contributed by atoms with Gasteiger partial charge in [0.25, 0.3) is 0 Å². The maximum atomic E-state index is 15.0. The Morgan fingerprint density at radius 2 is 1.20 bits per heavy atom. The summed E-state index contributed by atoms with van der Waals surface area (Å²) in [6, 6.07) is 22.0. The molecule has 0 fully saturated rings. The zero-order chi connectivity index (χ0) is 48.4. The number of nitrogens with two attached hydrogens (primary N) is 1. The van der Waals surface area contributed by atoms with E-state index in [4.69, 9.17) is 10.5 Å². The number of rotatable bonds is 25. The lowest BCUT2D eigenvalue weighted by Gasteiger charge is -2.31. The zero-order valence-electron chi connectivity index (χ0n) is 38.4. The number of nitrogens with zero attached hydrogens (tertiary/aromatic N) is 1. The highest BCUT2D eigenvalue weighted by Crippen LogP contribution is 2.48. The molecule has 0 saturated carbocycles. The number of benzene rings is 3. The van der Waals surface area contributed by atoms with Crippen molar-refractivity contribution in [2.75, 3.05) is 6.16 Å². The van der Waals surface area contributed by atoms with Crippen LogP contribution in [0.5, 0.6) is 0 Å². The molecule has 1 heterocycles. The molecule has 356 valence electrons. The monoisotopic (exact) mass is 928 g/mol. The summed E-state index contributed by atoms with van der Waals surface area (Å²) in [7, 11) is -4.61. The van der Waals surface area contributed by atoms with Crippen molar-refractivity contribution in [1.29, 1.82) is 0 Å². The summed E-state index contributed by atoms with van der Waals surface area (Å²) >= 11 is 0. The van der Waals surface area contributed by atoms with Gasteiger partial charge in [0.2, 0.25) is 36.9 Å². The van der Waals surface area contributed by atoms with E-state index < -0.39 is 96.9 Å². The number of hydrogen-bond donors (Lipinski definition) is 8. The van der Waals surface area contributed by atoms with E-state index in [-0.39, 0.29) is 31.8 Å². The van der Waals surface area contributed by atoms with E-state index in [1.54, 1.807) is 120 Å². The number of aromatic amines is 1. The third kappa shape index (κ3) is 16.3. The molecule has 17 nitrogen and oxygen atoms in total. The van der Waals surface area contributed by atoms with E-state index in [0.29, 0.717) is 23.2 Å². The van der Waals surface area contributed by atoms with Crippen molar-refractivity contribution >= 4 is 43.0 Å². The number of ether oxygens (including phenoxy) is 1. The average Bonchev–Trinajstić information content (AvgIpc) is 3.81. The average molecular weight is 929 g/mol. The standard InChI is InChI=1S/C48H65N8O9P/c1-7-32(6)42(56-48(62)65-27-35-21-15-10-16-22-35)47(61)52-38(25-37-26-50-29-51-37)45(59)53-39(24-34-19-13-9-14-20-34)66(63,64)28-36(23-33-17-11-8-12-18-33)44(58)55-41(31(4)5)46(60)54-40(30(2)3)43(49)57/h8-22,26,29-32,36,38-42H,7,23-25,27-28H2,1-6H3,(H2,49,57)(H,50,51)(H,52,61)(H,53,59)(H,54,60)(H,55,58)(H,56,62)(H,63,64)/t32-,36?,38-,39?,40-,41-,42-/m0/s1. The number of H-pyrrole nitrogens is 1. The molecule has 18 heteroatoms. The lowest BCUT2D eigenvalue weighted by Crippen LogP contribution is -2.57. The Bertz CT molecular complexity index is 2230. The molecule has 8 atom stereocenters. The summed E-state index contributed by atoms with van der Waals surface area (Å²) in [5, 5.41) is 13.6. The van der Waals surface area contributed by atoms with E-state index in [9.17, 15) is 38.2 Å². The molecular formula is C48H65N8O9P. The molecule has 0 aliphatic carbocycles. The van der Waals surface area contributed by atoms with E-state index in [1.807, 2.05) is 13.0 Å². The summed E-state index contributed by atoms with van der Waals surface area (Å²) in [6.07, 6.45) is 1.68. The van der Waals surface area contributed by atoms with E-state index in [2.05, 4.69) is 36.6 Å². The van der Waals surface area contributed by atoms with Crippen molar-refractivity contribution in [2.45, 2.75) is 104 Å². The minimum absolute atomic E-state index is 0.00184. The Morgan fingerprint density at radius 3 is 1.71 bits per heavy atom. The van der Waals surface area contributed by atoms with Crippen LogP contribution in [0.15, 0.2) is 104 Å². The Morgan fingerprint density at radius 1 is 0.667 bits per heavy atom. The van der Waals surface area contributed by atoms with Crippen molar-refractivity contribution in [2.24, 2.45) is 29.4 Å². The number of alkyl carbamates (subject to hydrolysis) is 1. The molecule has 3 unspecified atom stereocenters. The van der Waals surface area contributed by atoms with Gasteiger partial charge in [-0.1, -0.05) is 139 Å². The second-order valence-electron chi connectivity index (χ2n) is 17.3. The fraction of sp³-hybridized carbons (Fsp3) is 0.438. The minimum Gasteiger partial charge on any atom is -0.445 e. The first-order valence-electron chi connectivity index (χ1n) is 22.2. The smallest absolute Gasteiger partial charge is 0.408 e. The van der Waals surface area contributed by atoms with Crippen LogP contribution in [0.1, 0.15) is 70.3 Å². The number of carbonyl (C=O) groups excluding carboxylic acids is 6. The number of amides is 6. The number of aromatic nitrogens is 2. The molecule has 66 heavy (non-hydrogen) atoms. The maximum Gasteiger partial charge on any atom is 0.408 e. The Kier molecular flexibility index (Phi) is 20.1. The molecule has 0 radical (unpaired) electrons. The van der Waals surface area contributed by atoms with Gasteiger partial charge in [-0.3, -0.25) is 28.5 Å². The number of nitrogens with one attached hydrogen (secondary N) is 6. The van der Waals surface area contributed by atoms with Crippen LogP contribution in [0.2, 0.25) is 0 Å². The molecule has 4 aromatic rings. The van der Waals surface area contributed by atoms with Crippen molar-refractivity contribution in [1.82, 2.24) is 36.6 Å². The van der Waals surface area contributed by atoms with Crippen molar-refractivity contribution in [3.05, 3.63) is 126 Å². The van der Waals surface area contributed by atoms with Crippen molar-refractivity contribution in [3.63, 3.8) is 0 Å². The molecular weight excluding hydrogens is 864 g/mol. The van der Waals surface area contributed by atoms with Gasteiger partial charge >= 0.3 is 6.09 Å². The van der Waals surface area contributed by atoms with Crippen LogP contribution in [0.3, 0.4) is 0 Å². The van der Waals surface area contributed by atoms with Crippen molar-refractivity contribution < 1.29 is 43.0 Å². The lowest BCUT2D eigenvalue weighted by molar-refractivity contribution is -0.133. The Labute approximate surface area is 386 Å². The third-order valence-electron chi connectivity index (χ3n) is 11.4. The molecule has 6 amide bonds. The normalized spacial score (nSPS) is 15.4. The van der Waals surface area contributed by atoms with E-state index in [1.165, 1.54) is 12.5 Å². The van der Waals surface area contributed by atoms with Gasteiger partial charge in [0.1, 0.15) is 36.6 Å². The summed E-state index contributed by atoms with van der Waals surface area (Å²) in [5.41, 5.74) is 8.06. The van der Waals surface area contributed by atoms with Crippen molar-refractivity contribution in [3.8, 4) is 0 Å². The van der Waals surface area contributed by atoms with Crippen LogP contribution in [0.4, 0.5) is 4.79 Å². The van der Waals surface area contributed by atoms with E-state index >= 15 is 0 Å². The fourth-order valence-electron chi connectivity index (χ4n) is 7.27. The predicted octanol–water partition coefficient (Wildman–Crippen LogP) is 4.36. The number of primary amides is 1. The first kappa shape index (κ1) is 52.3. The van der Waals surface area contributed by atoms with Gasteiger partial charge in [-0.2, -0.15) is 0 Å². The molecule has 1 aromatic heterocycles. The third-order valence-corrected chi connectivity index (χ3v) is 13.6. The molecule has 4 rings (SSSR count). The lowest BCUT2D eigenvalue weighted by atomic mass is 9.97. The topological polar surface area (TPSA) is 264 Å². The van der Waals surface area contributed by atoms with Crippen LogP contribution < -0.4 is 32.3 Å². The zero-order valence-corrected chi connectivity index (χ0v) is 39.3. The van der Waals surface area contributed by atoms with Crippen LogP contribution >= 0.6 is 7.37 Å². The molecule has 3 aromatic carbocycles. The van der Waals surface area contributed by atoms with Crippen LogP contribution in [-0.2, 0) is 59.1 Å². The molecule has 0 spiro atoms. The predicted molar refractivity (Wildman–Crippen MR) is 250 cm³/mol. The summed E-state index contributed by atoms with van der Waals surface area (Å²) in [4.78, 5) is 101. The van der Waals surface area contributed by atoms with E-state index in [0.717, 1.165) is 5.56 Å². The van der Waals surface area contributed by atoms with Gasteiger partial charge in [-0.05, 0) is 40.9 Å². The van der Waals surface area contributed by atoms with Crippen LogP contribution in [0.25, 0.3) is 0 Å². The quantitative estimate of drug-likeness (QED) is 0.0436. The van der Waals surface area contributed by atoms with Crippen LogP contribution in [0, 0.1) is 23.7 Å². The minimum atomic E-state index is -4.61. The Balaban J connectivity index is 1.64. The highest BCUT2D eigenvalue weighted by Gasteiger charge is 2.40. The molecule has 9 N–H and O–H groups in total. The first-order valence-corrected chi connectivity index (χ1v) is 24.1. The molecule has 0 saturated heterocycles. The second kappa shape index (κ2) is 25.4. The largest absolute Gasteiger partial charge is 0.445 e. The summed E-state index contributed by atoms with van der Waals surface area (Å²) in [5.74, 6) is -7.42. The SMILES string of the molecule is CC[C@H](C)[C@H](NC(=O)OCc1ccccc1)C(=O)N[C@@H](Cc1cnc[nH]1)C(=O)NC(Cc1ccccc1)P(=O)(O)CC(Cc1ccccc1)C(=O)N[C@H](C(=O)N[C@H](C(N)=O)C(C)C)C(C)C. The van der Waals surface area contributed by atoms with Crippen LogP contribution in [-0.4, -0.2) is 86.6 Å². The first-order chi connectivity index (χ1) is 31.4. The van der Waals surface area contributed by atoms with Gasteiger partial charge in [-0.25, -0.2) is 9.78 Å². The van der Waals surface area contributed by atoms with Gasteiger partial charge in [0, 0.05) is 30.9 Å². The van der Waals surface area contributed by atoms with Gasteiger partial charge in [0.05, 0.1) is 12.2 Å². The fourth-order valence-corrected chi connectivity index (χ4v) is 9.28. The van der Waals surface area contributed by atoms with Gasteiger partial charge < -0.3 is 46.9 Å². The molecule has 0 aliphatic rings. The molecule has 0 aliphatic heterocycles. The van der Waals surface area contributed by atoms with Gasteiger partial charge in [-0.15, -0.1) is 0 Å². The summed E-state index contributed by atoms with van der Waals surface area (Å²) in [6.45, 7) is 10.5. The second-order valence-corrected chi connectivity index (χ2v) is 19.8. The number of hydrogen-bond acceptors (Lipinski definition) is 9. The Hall–Kier alpha value is -6.32. The number of imidazole rings is 1. The highest BCUT2D eigenvalue weighted by atomic mass is 31.2.